The first-order chi connectivity index (χ1) is 7.47. The number of esters is 1. The Bertz CT molecular complexity index is 256. The molecule has 1 atom stereocenters. The quantitative estimate of drug-likeness (QED) is 0.363. The normalized spacial score (nSPS) is 11.9. The molecule has 0 amide bonds. The molecule has 92 valence electrons. The molecule has 0 aromatic heterocycles. The number of hydrogen-bond donors (Lipinski definition) is 0. The zero-order valence-electron chi connectivity index (χ0n) is 10.5. The molecule has 0 fully saturated rings. The molecule has 0 aliphatic carbocycles. The van der Waals surface area contributed by atoms with E-state index in [0.717, 1.165) is 19.3 Å². The van der Waals surface area contributed by atoms with E-state index < -0.39 is 5.97 Å². The van der Waals surface area contributed by atoms with Gasteiger partial charge in [0, 0.05) is 18.4 Å². The number of ether oxygens (including phenoxy) is 1. The highest BCUT2D eigenvalue weighted by Crippen LogP contribution is 2.07. The molecular formula is C13H22O3. The Kier molecular flexibility index (Phi) is 7.52. The minimum Gasteiger partial charge on any atom is -0.459 e. The average molecular weight is 226 g/mol. The molecule has 0 rings (SSSR count). The lowest BCUT2D eigenvalue weighted by Gasteiger charge is -2.12. The Morgan fingerprint density at radius 3 is 2.44 bits per heavy atom. The van der Waals surface area contributed by atoms with Crippen LogP contribution in [0.3, 0.4) is 0 Å². The largest absolute Gasteiger partial charge is 0.459 e. The van der Waals surface area contributed by atoms with Crippen LogP contribution in [0.2, 0.25) is 0 Å². The molecule has 0 radical (unpaired) electrons. The van der Waals surface area contributed by atoms with Crippen LogP contribution in [0.1, 0.15) is 52.9 Å². The molecule has 0 N–H and O–H groups in total. The predicted octanol–water partition coefficient (Wildman–Crippen LogP) is 3.03. The molecule has 3 heteroatoms. The number of ketones is 1. The molecule has 1 unspecified atom stereocenters. The lowest BCUT2D eigenvalue weighted by atomic mass is 10.1. The van der Waals surface area contributed by atoms with Crippen molar-refractivity contribution in [3.63, 3.8) is 0 Å². The summed E-state index contributed by atoms with van der Waals surface area (Å²) in [6.07, 6.45) is 3.65. The summed E-state index contributed by atoms with van der Waals surface area (Å²) in [5, 5.41) is 0. The van der Waals surface area contributed by atoms with Crippen LogP contribution in [0.15, 0.2) is 12.2 Å². The van der Waals surface area contributed by atoms with Crippen LogP contribution < -0.4 is 0 Å². The summed E-state index contributed by atoms with van der Waals surface area (Å²) in [5.41, 5.74) is 0.366. The van der Waals surface area contributed by atoms with E-state index in [1.54, 1.807) is 13.8 Å². The molecule has 0 bridgehead atoms. The fraction of sp³-hybridized carbons (Fsp3) is 0.692. The molecule has 0 aromatic carbocycles. The van der Waals surface area contributed by atoms with Crippen molar-refractivity contribution in [2.75, 3.05) is 0 Å². The molecule has 0 aliphatic heterocycles. The fourth-order valence-electron chi connectivity index (χ4n) is 1.32. The summed E-state index contributed by atoms with van der Waals surface area (Å²) in [6, 6.07) is 0. The van der Waals surface area contributed by atoms with Crippen molar-refractivity contribution in [2.24, 2.45) is 0 Å². The van der Waals surface area contributed by atoms with E-state index in [2.05, 4.69) is 13.5 Å². The maximum atomic E-state index is 11.5. The molecular weight excluding hydrogens is 204 g/mol. The molecule has 0 spiro atoms. The number of unbranched alkanes of at least 4 members (excludes halogenated alkanes) is 2. The molecule has 0 aliphatic rings. The molecule has 0 saturated heterocycles. The van der Waals surface area contributed by atoms with Crippen molar-refractivity contribution in [1.29, 1.82) is 0 Å². The van der Waals surface area contributed by atoms with Gasteiger partial charge in [0.2, 0.25) is 0 Å². The first kappa shape index (κ1) is 14.9. The van der Waals surface area contributed by atoms with Gasteiger partial charge in [-0.3, -0.25) is 4.79 Å². The van der Waals surface area contributed by atoms with Gasteiger partial charge in [-0.25, -0.2) is 4.79 Å². The summed E-state index contributed by atoms with van der Waals surface area (Å²) in [6.45, 7) is 8.92. The Balaban J connectivity index is 3.78. The second-order valence-electron chi connectivity index (χ2n) is 4.20. The van der Waals surface area contributed by atoms with Crippen LogP contribution >= 0.6 is 0 Å². The fourth-order valence-corrected chi connectivity index (χ4v) is 1.32. The van der Waals surface area contributed by atoms with E-state index >= 15 is 0 Å². The van der Waals surface area contributed by atoms with Crippen LogP contribution in [-0.4, -0.2) is 17.9 Å². The monoisotopic (exact) mass is 226 g/mol. The molecule has 3 nitrogen and oxygen atoms in total. The number of rotatable bonds is 8. The van der Waals surface area contributed by atoms with Gasteiger partial charge in [-0.1, -0.05) is 26.3 Å². The molecule has 16 heavy (non-hydrogen) atoms. The summed E-state index contributed by atoms with van der Waals surface area (Å²) in [4.78, 5) is 22.6. The summed E-state index contributed by atoms with van der Waals surface area (Å²) in [5.74, 6) is -0.260. The van der Waals surface area contributed by atoms with E-state index in [9.17, 15) is 9.59 Å². The van der Waals surface area contributed by atoms with Crippen molar-refractivity contribution in [3.05, 3.63) is 12.2 Å². The van der Waals surface area contributed by atoms with Crippen molar-refractivity contribution >= 4 is 11.8 Å². The van der Waals surface area contributed by atoms with Gasteiger partial charge in [0.25, 0.3) is 0 Å². The number of hydrogen-bond acceptors (Lipinski definition) is 3. The Morgan fingerprint density at radius 1 is 1.31 bits per heavy atom. The van der Waals surface area contributed by atoms with Crippen LogP contribution in [0.25, 0.3) is 0 Å². The van der Waals surface area contributed by atoms with Gasteiger partial charge < -0.3 is 4.74 Å². The van der Waals surface area contributed by atoms with Crippen LogP contribution in [-0.2, 0) is 14.3 Å². The molecule has 0 saturated carbocycles. The highest BCUT2D eigenvalue weighted by Gasteiger charge is 2.13. The standard InChI is InChI=1S/C13H22O3/c1-5-6-7-8-12(14)9-11(4)16-13(15)10(2)3/h11H,2,5-9H2,1,3-4H3. The zero-order valence-corrected chi connectivity index (χ0v) is 10.5. The van der Waals surface area contributed by atoms with E-state index in [0.29, 0.717) is 18.4 Å². The van der Waals surface area contributed by atoms with E-state index in [1.807, 2.05) is 0 Å². The van der Waals surface area contributed by atoms with Crippen LogP contribution in [0.5, 0.6) is 0 Å². The van der Waals surface area contributed by atoms with Gasteiger partial charge in [0.05, 0.1) is 0 Å². The minimum absolute atomic E-state index is 0.162. The second-order valence-corrected chi connectivity index (χ2v) is 4.20. The summed E-state index contributed by atoms with van der Waals surface area (Å²) < 4.78 is 5.03. The van der Waals surface area contributed by atoms with Crippen molar-refractivity contribution in [1.82, 2.24) is 0 Å². The highest BCUT2D eigenvalue weighted by atomic mass is 16.5. The zero-order chi connectivity index (χ0) is 12.6. The predicted molar refractivity (Wildman–Crippen MR) is 64.1 cm³/mol. The third-order valence-electron chi connectivity index (χ3n) is 2.23. The van der Waals surface area contributed by atoms with Crippen molar-refractivity contribution in [2.45, 2.75) is 59.0 Å². The van der Waals surface area contributed by atoms with Gasteiger partial charge in [0.1, 0.15) is 11.9 Å². The van der Waals surface area contributed by atoms with Gasteiger partial charge >= 0.3 is 5.97 Å². The topological polar surface area (TPSA) is 43.4 Å². The summed E-state index contributed by atoms with van der Waals surface area (Å²) >= 11 is 0. The number of Topliss-reactive ketones (excluding diaryl/α,β-unsaturated/α-hetero) is 1. The third kappa shape index (κ3) is 7.21. The van der Waals surface area contributed by atoms with E-state index in [-0.39, 0.29) is 11.9 Å². The maximum absolute atomic E-state index is 11.5. The van der Waals surface area contributed by atoms with Gasteiger partial charge in [0.15, 0.2) is 0 Å². The lowest BCUT2D eigenvalue weighted by molar-refractivity contribution is -0.144. The average Bonchev–Trinajstić information content (AvgIpc) is 2.17. The van der Waals surface area contributed by atoms with Crippen molar-refractivity contribution < 1.29 is 14.3 Å². The van der Waals surface area contributed by atoms with E-state index in [1.165, 1.54) is 0 Å². The molecule has 0 heterocycles. The van der Waals surface area contributed by atoms with Crippen molar-refractivity contribution in [3.8, 4) is 0 Å². The lowest BCUT2D eigenvalue weighted by Crippen LogP contribution is -2.18. The SMILES string of the molecule is C=C(C)C(=O)OC(C)CC(=O)CCCCC. The Labute approximate surface area is 97.9 Å². The Hall–Kier alpha value is -1.12. The third-order valence-corrected chi connectivity index (χ3v) is 2.23. The maximum Gasteiger partial charge on any atom is 0.333 e. The second kappa shape index (κ2) is 8.08. The van der Waals surface area contributed by atoms with Crippen LogP contribution in [0, 0.1) is 0 Å². The summed E-state index contributed by atoms with van der Waals surface area (Å²) in [7, 11) is 0. The number of carbonyl (C=O) groups is 2. The highest BCUT2D eigenvalue weighted by molar-refractivity contribution is 5.87. The molecule has 0 aromatic rings. The van der Waals surface area contributed by atoms with Gasteiger partial charge in [-0.05, 0) is 20.3 Å². The van der Waals surface area contributed by atoms with Crippen LogP contribution in [0.4, 0.5) is 0 Å². The van der Waals surface area contributed by atoms with Gasteiger partial charge in [-0.15, -0.1) is 0 Å². The van der Waals surface area contributed by atoms with E-state index in [4.69, 9.17) is 4.74 Å². The minimum atomic E-state index is -0.422. The first-order valence-corrected chi connectivity index (χ1v) is 5.85. The van der Waals surface area contributed by atoms with Gasteiger partial charge in [-0.2, -0.15) is 0 Å². The first-order valence-electron chi connectivity index (χ1n) is 5.85. The number of carbonyl (C=O) groups excluding carboxylic acids is 2. The smallest absolute Gasteiger partial charge is 0.333 e. The Morgan fingerprint density at radius 2 is 1.94 bits per heavy atom.